The smallest absolute Gasteiger partial charge is 0.337 e. The van der Waals surface area contributed by atoms with Crippen molar-refractivity contribution in [1.82, 2.24) is 0 Å². The van der Waals surface area contributed by atoms with Crippen LogP contribution < -0.4 is 0 Å². The van der Waals surface area contributed by atoms with Crippen molar-refractivity contribution in [3.63, 3.8) is 0 Å². The number of hydrogen-bond donors (Lipinski definition) is 0. The summed E-state index contributed by atoms with van der Waals surface area (Å²) in [5.41, 5.74) is 2.95. The molecule has 0 saturated carbocycles. The first-order valence-corrected chi connectivity index (χ1v) is 6.93. The van der Waals surface area contributed by atoms with Gasteiger partial charge in [-0.3, -0.25) is 0 Å². The summed E-state index contributed by atoms with van der Waals surface area (Å²) in [7, 11) is 1.35. The highest BCUT2D eigenvalue weighted by Crippen LogP contribution is 2.24. The number of rotatable bonds is 1. The van der Waals surface area contributed by atoms with E-state index >= 15 is 0 Å². The average molecular weight is 319 g/mol. The van der Waals surface area contributed by atoms with Crippen molar-refractivity contribution in [2.75, 3.05) is 7.11 Å². The van der Waals surface area contributed by atoms with E-state index in [0.29, 0.717) is 15.6 Å². The van der Waals surface area contributed by atoms with E-state index in [4.69, 9.17) is 23.2 Å². The Morgan fingerprint density at radius 3 is 2.33 bits per heavy atom. The number of carbonyl (C=O) groups excluding carboxylic acids is 1. The van der Waals surface area contributed by atoms with Crippen LogP contribution in [0.2, 0.25) is 10.0 Å². The van der Waals surface area contributed by atoms with Crippen molar-refractivity contribution < 1.29 is 9.53 Å². The number of halogens is 2. The molecule has 0 aromatic heterocycles. The second-order valence-electron chi connectivity index (χ2n) is 4.40. The Morgan fingerprint density at radius 2 is 1.76 bits per heavy atom. The topological polar surface area (TPSA) is 26.3 Å². The molecular formula is C17H12Cl2O2. The molecule has 0 bridgehead atoms. The highest BCUT2D eigenvalue weighted by atomic mass is 35.5. The van der Waals surface area contributed by atoms with Gasteiger partial charge in [0, 0.05) is 16.1 Å². The molecular weight excluding hydrogens is 307 g/mol. The molecule has 4 heteroatoms. The summed E-state index contributed by atoms with van der Waals surface area (Å²) in [6.45, 7) is 1.90. The molecule has 0 aliphatic heterocycles. The molecule has 0 heterocycles. The molecule has 106 valence electrons. The Balaban J connectivity index is 2.30. The van der Waals surface area contributed by atoms with Crippen LogP contribution in [0.3, 0.4) is 0 Å². The van der Waals surface area contributed by atoms with Crippen LogP contribution in [-0.2, 0) is 4.74 Å². The zero-order valence-corrected chi connectivity index (χ0v) is 13.0. The second kappa shape index (κ2) is 6.67. The van der Waals surface area contributed by atoms with Gasteiger partial charge in [-0.05, 0) is 48.9 Å². The minimum Gasteiger partial charge on any atom is -0.465 e. The summed E-state index contributed by atoms with van der Waals surface area (Å²) in [6, 6.07) is 10.4. The molecule has 0 saturated heterocycles. The van der Waals surface area contributed by atoms with Gasteiger partial charge in [0.1, 0.15) is 0 Å². The van der Waals surface area contributed by atoms with E-state index in [-0.39, 0.29) is 5.97 Å². The third-order valence-corrected chi connectivity index (χ3v) is 3.41. The quantitative estimate of drug-likeness (QED) is 0.572. The molecule has 2 aromatic rings. The van der Waals surface area contributed by atoms with Gasteiger partial charge in [-0.1, -0.05) is 35.0 Å². The predicted octanol–water partition coefficient (Wildman–Crippen LogP) is 4.49. The first kappa shape index (κ1) is 15.4. The van der Waals surface area contributed by atoms with E-state index in [1.807, 2.05) is 13.0 Å². The van der Waals surface area contributed by atoms with Gasteiger partial charge in [-0.25, -0.2) is 4.79 Å². The van der Waals surface area contributed by atoms with Gasteiger partial charge in [-0.15, -0.1) is 0 Å². The Hall–Kier alpha value is -1.95. The molecule has 0 fully saturated rings. The van der Waals surface area contributed by atoms with E-state index in [9.17, 15) is 4.79 Å². The molecule has 0 N–H and O–H groups in total. The zero-order valence-electron chi connectivity index (χ0n) is 11.5. The monoisotopic (exact) mass is 318 g/mol. The molecule has 2 rings (SSSR count). The molecule has 0 amide bonds. The van der Waals surface area contributed by atoms with Crippen molar-refractivity contribution >= 4 is 29.2 Å². The molecule has 21 heavy (non-hydrogen) atoms. The van der Waals surface area contributed by atoms with Crippen molar-refractivity contribution in [2.45, 2.75) is 6.92 Å². The highest BCUT2D eigenvalue weighted by molar-refractivity contribution is 6.35. The Morgan fingerprint density at radius 1 is 1.10 bits per heavy atom. The van der Waals surface area contributed by atoms with Crippen molar-refractivity contribution in [3.8, 4) is 11.8 Å². The first-order valence-electron chi connectivity index (χ1n) is 6.17. The van der Waals surface area contributed by atoms with Gasteiger partial charge < -0.3 is 4.74 Å². The van der Waals surface area contributed by atoms with Gasteiger partial charge in [0.15, 0.2) is 0 Å². The number of carbonyl (C=O) groups is 1. The average Bonchev–Trinajstić information content (AvgIpc) is 2.46. The van der Waals surface area contributed by atoms with E-state index in [1.54, 1.807) is 30.3 Å². The molecule has 0 aliphatic carbocycles. The summed E-state index contributed by atoms with van der Waals surface area (Å²) in [6.07, 6.45) is 0. The highest BCUT2D eigenvalue weighted by Gasteiger charge is 2.04. The molecule has 0 unspecified atom stereocenters. The fraction of sp³-hybridized carbons (Fsp3) is 0.118. The van der Waals surface area contributed by atoms with Gasteiger partial charge in [0.25, 0.3) is 0 Å². The van der Waals surface area contributed by atoms with Gasteiger partial charge in [0.05, 0.1) is 17.7 Å². The first-order chi connectivity index (χ1) is 10.0. The van der Waals surface area contributed by atoms with Crippen LogP contribution in [0.1, 0.15) is 27.0 Å². The lowest BCUT2D eigenvalue weighted by atomic mass is 10.1. The summed E-state index contributed by atoms with van der Waals surface area (Å²) < 4.78 is 4.64. The second-order valence-corrected chi connectivity index (χ2v) is 5.24. The van der Waals surface area contributed by atoms with E-state index in [2.05, 4.69) is 16.6 Å². The number of benzene rings is 2. The molecule has 2 nitrogen and oxygen atoms in total. The van der Waals surface area contributed by atoms with Crippen molar-refractivity contribution in [2.24, 2.45) is 0 Å². The zero-order chi connectivity index (χ0) is 15.4. The van der Waals surface area contributed by atoms with Crippen LogP contribution in [0.4, 0.5) is 0 Å². The number of methoxy groups -OCH3 is 1. The number of esters is 1. The molecule has 0 spiro atoms. The minimum atomic E-state index is -0.369. The number of ether oxygens (including phenoxy) is 1. The summed E-state index contributed by atoms with van der Waals surface area (Å²) >= 11 is 12.1. The SMILES string of the molecule is COC(=O)c1ccc(C#Cc2c(C)cc(Cl)cc2Cl)cc1. The largest absolute Gasteiger partial charge is 0.465 e. The van der Waals surface area contributed by atoms with E-state index in [0.717, 1.165) is 16.7 Å². The number of aryl methyl sites for hydroxylation is 1. The third kappa shape index (κ3) is 3.78. The molecule has 0 aliphatic rings. The van der Waals surface area contributed by atoms with Crippen LogP contribution in [-0.4, -0.2) is 13.1 Å². The predicted molar refractivity (Wildman–Crippen MR) is 85.0 cm³/mol. The number of hydrogen-bond acceptors (Lipinski definition) is 2. The molecule has 0 radical (unpaired) electrons. The van der Waals surface area contributed by atoms with Crippen LogP contribution >= 0.6 is 23.2 Å². The normalized spacial score (nSPS) is 9.71. The van der Waals surface area contributed by atoms with E-state index in [1.165, 1.54) is 7.11 Å². The maximum atomic E-state index is 11.3. The van der Waals surface area contributed by atoms with Crippen molar-refractivity contribution in [1.29, 1.82) is 0 Å². The summed E-state index contributed by atoms with van der Waals surface area (Å²) in [5, 5.41) is 1.11. The Kier molecular flexibility index (Phi) is 4.90. The lowest BCUT2D eigenvalue weighted by molar-refractivity contribution is 0.0601. The van der Waals surface area contributed by atoms with Crippen LogP contribution in [0.5, 0.6) is 0 Å². The maximum Gasteiger partial charge on any atom is 0.337 e. The molecule has 0 atom stereocenters. The van der Waals surface area contributed by atoms with E-state index < -0.39 is 0 Å². The lowest BCUT2D eigenvalue weighted by Gasteiger charge is -2.02. The van der Waals surface area contributed by atoms with Crippen LogP contribution in [0, 0.1) is 18.8 Å². The fourth-order valence-electron chi connectivity index (χ4n) is 1.80. The third-order valence-electron chi connectivity index (χ3n) is 2.89. The summed E-state index contributed by atoms with van der Waals surface area (Å²) in [4.78, 5) is 11.3. The maximum absolute atomic E-state index is 11.3. The van der Waals surface area contributed by atoms with Crippen LogP contribution in [0.15, 0.2) is 36.4 Å². The standard InChI is InChI=1S/C17H12Cl2O2/c1-11-9-14(18)10-16(19)15(11)8-5-12-3-6-13(7-4-12)17(20)21-2/h3-4,6-7,9-10H,1-2H3. The van der Waals surface area contributed by atoms with Crippen molar-refractivity contribution in [3.05, 3.63) is 68.7 Å². The summed E-state index contributed by atoms with van der Waals surface area (Å²) in [5.74, 6) is 5.68. The van der Waals surface area contributed by atoms with Crippen LogP contribution in [0.25, 0.3) is 0 Å². The fourth-order valence-corrected chi connectivity index (χ4v) is 2.45. The van der Waals surface area contributed by atoms with Gasteiger partial charge in [-0.2, -0.15) is 0 Å². The molecule has 2 aromatic carbocycles. The van der Waals surface area contributed by atoms with Gasteiger partial charge >= 0.3 is 5.97 Å². The van der Waals surface area contributed by atoms with Gasteiger partial charge in [0.2, 0.25) is 0 Å². The lowest BCUT2D eigenvalue weighted by Crippen LogP contribution is -2.00. The Labute approximate surface area is 133 Å². The Bertz CT molecular complexity index is 715. The minimum absolute atomic E-state index is 0.369.